The van der Waals surface area contributed by atoms with Gasteiger partial charge in [0.15, 0.2) is 0 Å². The molecule has 6 nitrogen and oxygen atoms in total. The second-order valence-electron chi connectivity index (χ2n) is 9.38. The van der Waals surface area contributed by atoms with E-state index in [1.165, 1.54) is 23.3 Å². The van der Waals surface area contributed by atoms with Crippen molar-refractivity contribution < 1.29 is 14.1 Å². The van der Waals surface area contributed by atoms with Gasteiger partial charge in [-0.25, -0.2) is 4.39 Å². The Labute approximate surface area is 205 Å². The number of carbonyl (C=O) groups excluding carboxylic acids is 1. The minimum absolute atomic E-state index is 0.0332. The Morgan fingerprint density at radius 2 is 1.74 bits per heavy atom. The standard InChI is InChI=1S/C28H30FN3O3/c1-20-7-11-23(12-8-20)27-19-30(16-24-5-3-4-6-28(24)32(34)35)17-25(27)18-31(21(2)33)15-22-9-13-26(29)14-10-22/h3-14,25,27H,15-19H2,1-2H3. The van der Waals surface area contributed by atoms with Crippen LogP contribution in [-0.4, -0.2) is 40.3 Å². The average Bonchev–Trinajstić information content (AvgIpc) is 3.22. The highest BCUT2D eigenvalue weighted by molar-refractivity contribution is 5.73. The van der Waals surface area contributed by atoms with Crippen molar-refractivity contribution in [2.75, 3.05) is 19.6 Å². The predicted octanol–water partition coefficient (Wildman–Crippen LogP) is 5.31. The van der Waals surface area contributed by atoms with E-state index in [9.17, 15) is 19.3 Å². The first-order valence-corrected chi connectivity index (χ1v) is 11.8. The normalized spacial score (nSPS) is 17.9. The molecule has 1 heterocycles. The largest absolute Gasteiger partial charge is 0.338 e. The Morgan fingerprint density at radius 1 is 1.06 bits per heavy atom. The van der Waals surface area contributed by atoms with E-state index in [0.717, 1.165) is 18.7 Å². The van der Waals surface area contributed by atoms with E-state index < -0.39 is 0 Å². The lowest BCUT2D eigenvalue weighted by Crippen LogP contribution is -2.35. The van der Waals surface area contributed by atoms with Gasteiger partial charge in [-0.15, -0.1) is 0 Å². The van der Waals surface area contributed by atoms with Gasteiger partial charge >= 0.3 is 0 Å². The van der Waals surface area contributed by atoms with Crippen LogP contribution in [-0.2, 0) is 17.9 Å². The number of nitro groups is 1. The number of benzene rings is 3. The fourth-order valence-electron chi connectivity index (χ4n) is 4.93. The summed E-state index contributed by atoms with van der Waals surface area (Å²) in [6, 6.07) is 21.6. The first kappa shape index (κ1) is 24.5. The molecule has 3 aromatic carbocycles. The third kappa shape index (κ3) is 6.11. The molecule has 0 aliphatic carbocycles. The number of carbonyl (C=O) groups is 1. The van der Waals surface area contributed by atoms with Crippen molar-refractivity contribution in [2.45, 2.75) is 32.9 Å². The first-order chi connectivity index (χ1) is 16.8. The maximum absolute atomic E-state index is 13.3. The number of hydrogen-bond donors (Lipinski definition) is 0. The van der Waals surface area contributed by atoms with Crippen LogP contribution < -0.4 is 0 Å². The summed E-state index contributed by atoms with van der Waals surface area (Å²) in [4.78, 5) is 27.8. The van der Waals surface area contributed by atoms with Gasteiger partial charge in [0.2, 0.25) is 5.91 Å². The molecule has 0 radical (unpaired) electrons. The molecule has 0 saturated carbocycles. The van der Waals surface area contributed by atoms with E-state index in [0.29, 0.717) is 25.2 Å². The fourth-order valence-corrected chi connectivity index (χ4v) is 4.93. The van der Waals surface area contributed by atoms with Gasteiger partial charge in [-0.2, -0.15) is 0 Å². The summed E-state index contributed by atoms with van der Waals surface area (Å²) in [5.74, 6) is 0.0105. The van der Waals surface area contributed by atoms with Crippen molar-refractivity contribution in [3.63, 3.8) is 0 Å². The lowest BCUT2D eigenvalue weighted by molar-refractivity contribution is -0.385. The van der Waals surface area contributed by atoms with Crippen LogP contribution >= 0.6 is 0 Å². The molecule has 182 valence electrons. The first-order valence-electron chi connectivity index (χ1n) is 11.8. The van der Waals surface area contributed by atoms with Gasteiger partial charge in [-0.1, -0.05) is 60.2 Å². The molecule has 2 unspecified atom stereocenters. The highest BCUT2D eigenvalue weighted by Crippen LogP contribution is 2.35. The number of likely N-dealkylation sites (tertiary alicyclic amines) is 1. The maximum atomic E-state index is 13.3. The number of aryl methyl sites for hydroxylation is 1. The molecule has 1 saturated heterocycles. The summed E-state index contributed by atoms with van der Waals surface area (Å²) in [5, 5.41) is 11.5. The molecule has 0 aromatic heterocycles. The van der Waals surface area contributed by atoms with Crippen molar-refractivity contribution in [3.8, 4) is 0 Å². The number of rotatable bonds is 8. The quantitative estimate of drug-likeness (QED) is 0.327. The molecular formula is C28H30FN3O3. The van der Waals surface area contributed by atoms with Crippen molar-refractivity contribution >= 4 is 11.6 Å². The van der Waals surface area contributed by atoms with Crippen LogP contribution in [0.4, 0.5) is 10.1 Å². The summed E-state index contributed by atoms with van der Waals surface area (Å²) < 4.78 is 13.3. The van der Waals surface area contributed by atoms with Crippen molar-refractivity contribution in [1.82, 2.24) is 9.80 Å². The summed E-state index contributed by atoms with van der Waals surface area (Å²) in [6.45, 7) is 6.53. The zero-order valence-corrected chi connectivity index (χ0v) is 20.1. The summed E-state index contributed by atoms with van der Waals surface area (Å²) >= 11 is 0. The minimum atomic E-state index is -0.333. The van der Waals surface area contributed by atoms with Gasteiger partial charge in [0.1, 0.15) is 5.82 Å². The Kier molecular flexibility index (Phi) is 7.56. The fraction of sp³-hybridized carbons (Fsp3) is 0.321. The number of nitrogens with zero attached hydrogens (tertiary/aromatic N) is 3. The van der Waals surface area contributed by atoms with Crippen LogP contribution in [0.1, 0.15) is 35.1 Å². The molecule has 0 N–H and O–H groups in total. The molecule has 0 spiro atoms. The Bertz CT molecular complexity index is 1180. The zero-order valence-electron chi connectivity index (χ0n) is 20.1. The van der Waals surface area contributed by atoms with E-state index in [-0.39, 0.29) is 34.2 Å². The Morgan fingerprint density at radius 3 is 2.40 bits per heavy atom. The van der Waals surface area contributed by atoms with E-state index in [1.54, 1.807) is 31.2 Å². The monoisotopic (exact) mass is 475 g/mol. The van der Waals surface area contributed by atoms with Crippen LogP contribution in [0.25, 0.3) is 0 Å². The van der Waals surface area contributed by atoms with E-state index >= 15 is 0 Å². The molecule has 35 heavy (non-hydrogen) atoms. The van der Waals surface area contributed by atoms with E-state index in [1.807, 2.05) is 17.0 Å². The lowest BCUT2D eigenvalue weighted by atomic mass is 9.88. The van der Waals surface area contributed by atoms with Gasteiger partial charge < -0.3 is 4.90 Å². The molecule has 4 rings (SSSR count). The molecule has 2 atom stereocenters. The number of halogens is 1. The average molecular weight is 476 g/mol. The minimum Gasteiger partial charge on any atom is -0.338 e. The topological polar surface area (TPSA) is 66.7 Å². The number of para-hydroxylation sites is 1. The van der Waals surface area contributed by atoms with Crippen LogP contribution in [0.5, 0.6) is 0 Å². The maximum Gasteiger partial charge on any atom is 0.273 e. The molecule has 0 bridgehead atoms. The van der Waals surface area contributed by atoms with E-state index in [2.05, 4.69) is 36.1 Å². The van der Waals surface area contributed by atoms with Crippen molar-refractivity contribution in [2.24, 2.45) is 5.92 Å². The SMILES string of the molecule is CC(=O)N(Cc1ccc(F)cc1)CC1CN(Cc2ccccc2[N+](=O)[O-])CC1c1ccc(C)cc1. The molecular weight excluding hydrogens is 445 g/mol. The summed E-state index contributed by atoms with van der Waals surface area (Å²) in [5.41, 5.74) is 4.08. The molecule has 7 heteroatoms. The predicted molar refractivity (Wildman–Crippen MR) is 133 cm³/mol. The van der Waals surface area contributed by atoms with Crippen LogP contribution in [0.3, 0.4) is 0 Å². The summed E-state index contributed by atoms with van der Waals surface area (Å²) in [6.07, 6.45) is 0. The Hall–Kier alpha value is -3.58. The second kappa shape index (κ2) is 10.8. The van der Waals surface area contributed by atoms with Gasteiger partial charge in [0.05, 0.1) is 4.92 Å². The highest BCUT2D eigenvalue weighted by atomic mass is 19.1. The number of nitro benzene ring substituents is 1. The van der Waals surface area contributed by atoms with Crippen LogP contribution in [0.2, 0.25) is 0 Å². The molecule has 1 amide bonds. The van der Waals surface area contributed by atoms with Crippen LogP contribution in [0.15, 0.2) is 72.8 Å². The summed E-state index contributed by atoms with van der Waals surface area (Å²) in [7, 11) is 0. The lowest BCUT2D eigenvalue weighted by Gasteiger charge is -2.28. The van der Waals surface area contributed by atoms with Gasteiger partial charge in [-0.3, -0.25) is 19.8 Å². The molecule has 1 aliphatic heterocycles. The number of hydrogen-bond acceptors (Lipinski definition) is 4. The second-order valence-corrected chi connectivity index (χ2v) is 9.38. The molecule has 3 aromatic rings. The third-order valence-electron chi connectivity index (χ3n) is 6.79. The Balaban J connectivity index is 1.57. The molecule has 1 aliphatic rings. The van der Waals surface area contributed by atoms with Crippen molar-refractivity contribution in [3.05, 3.63) is 111 Å². The van der Waals surface area contributed by atoms with Crippen molar-refractivity contribution in [1.29, 1.82) is 0 Å². The third-order valence-corrected chi connectivity index (χ3v) is 6.79. The van der Waals surface area contributed by atoms with Gasteiger partial charge in [0, 0.05) is 57.2 Å². The smallest absolute Gasteiger partial charge is 0.273 e. The zero-order chi connectivity index (χ0) is 24.9. The molecule has 1 fully saturated rings. The van der Waals surface area contributed by atoms with Gasteiger partial charge in [0.25, 0.3) is 5.69 Å². The van der Waals surface area contributed by atoms with Gasteiger partial charge in [-0.05, 0) is 36.1 Å². The van der Waals surface area contributed by atoms with E-state index in [4.69, 9.17) is 0 Å². The highest BCUT2D eigenvalue weighted by Gasteiger charge is 2.36. The number of amides is 1. The van der Waals surface area contributed by atoms with Crippen LogP contribution in [0, 0.1) is 28.8 Å².